The standard InChI is InChI=1S/C23H25N3O2/c1-17-6-5-7-18(14-17)15-25-20-10-11-21(26-16-20)23(27)24-13-12-19-8-3-4-9-22(19)28-2/h3-11,14,16,25H,12-13,15H2,1-2H3,(H,24,27). The second kappa shape index (κ2) is 9.55. The van der Waals surface area contributed by atoms with Gasteiger partial charge in [0.2, 0.25) is 0 Å². The molecule has 5 nitrogen and oxygen atoms in total. The molecule has 28 heavy (non-hydrogen) atoms. The van der Waals surface area contributed by atoms with E-state index < -0.39 is 0 Å². The molecule has 144 valence electrons. The highest BCUT2D eigenvalue weighted by molar-refractivity contribution is 5.92. The molecule has 0 atom stereocenters. The number of pyridine rings is 1. The number of hydrogen-bond donors (Lipinski definition) is 2. The van der Waals surface area contributed by atoms with Crippen molar-refractivity contribution in [2.24, 2.45) is 0 Å². The molecule has 0 bridgehead atoms. The molecular formula is C23H25N3O2. The molecule has 0 unspecified atom stereocenters. The highest BCUT2D eigenvalue weighted by Crippen LogP contribution is 2.17. The minimum atomic E-state index is -0.180. The third kappa shape index (κ3) is 5.33. The van der Waals surface area contributed by atoms with Crippen LogP contribution in [0.2, 0.25) is 0 Å². The maximum absolute atomic E-state index is 12.3. The van der Waals surface area contributed by atoms with Gasteiger partial charge in [-0.1, -0.05) is 48.0 Å². The van der Waals surface area contributed by atoms with Crippen LogP contribution in [-0.4, -0.2) is 24.5 Å². The molecule has 5 heteroatoms. The maximum atomic E-state index is 12.3. The van der Waals surface area contributed by atoms with Gasteiger partial charge in [-0.25, -0.2) is 4.98 Å². The van der Waals surface area contributed by atoms with Crippen molar-refractivity contribution in [3.63, 3.8) is 0 Å². The lowest BCUT2D eigenvalue weighted by molar-refractivity contribution is 0.0949. The first-order valence-electron chi connectivity index (χ1n) is 9.31. The first kappa shape index (κ1) is 19.4. The fraction of sp³-hybridized carbons (Fsp3) is 0.217. The molecule has 0 spiro atoms. The second-order valence-electron chi connectivity index (χ2n) is 6.59. The van der Waals surface area contributed by atoms with E-state index >= 15 is 0 Å². The van der Waals surface area contributed by atoms with E-state index in [4.69, 9.17) is 4.74 Å². The number of amides is 1. The molecular weight excluding hydrogens is 350 g/mol. The average Bonchev–Trinajstić information content (AvgIpc) is 2.73. The van der Waals surface area contributed by atoms with E-state index in [1.165, 1.54) is 11.1 Å². The lowest BCUT2D eigenvalue weighted by Gasteiger charge is -2.10. The summed E-state index contributed by atoms with van der Waals surface area (Å²) in [5, 5.41) is 6.23. The predicted octanol–water partition coefficient (Wildman–Crippen LogP) is 3.98. The minimum Gasteiger partial charge on any atom is -0.496 e. The van der Waals surface area contributed by atoms with Gasteiger partial charge in [-0.05, 0) is 42.7 Å². The lowest BCUT2D eigenvalue weighted by atomic mass is 10.1. The molecule has 1 aromatic heterocycles. The van der Waals surface area contributed by atoms with Crippen LogP contribution < -0.4 is 15.4 Å². The number of para-hydroxylation sites is 1. The van der Waals surface area contributed by atoms with E-state index in [0.717, 1.165) is 17.0 Å². The van der Waals surface area contributed by atoms with E-state index in [9.17, 15) is 4.79 Å². The zero-order chi connectivity index (χ0) is 19.8. The zero-order valence-corrected chi connectivity index (χ0v) is 16.2. The summed E-state index contributed by atoms with van der Waals surface area (Å²) in [4.78, 5) is 16.6. The van der Waals surface area contributed by atoms with Gasteiger partial charge in [0.25, 0.3) is 5.91 Å². The molecule has 0 saturated heterocycles. The smallest absolute Gasteiger partial charge is 0.269 e. The van der Waals surface area contributed by atoms with Crippen molar-refractivity contribution < 1.29 is 9.53 Å². The van der Waals surface area contributed by atoms with E-state index in [0.29, 0.717) is 25.2 Å². The summed E-state index contributed by atoms with van der Waals surface area (Å²) in [7, 11) is 1.65. The molecule has 0 radical (unpaired) electrons. The van der Waals surface area contributed by atoms with Gasteiger partial charge in [-0.3, -0.25) is 4.79 Å². The van der Waals surface area contributed by atoms with E-state index in [1.54, 1.807) is 19.4 Å². The summed E-state index contributed by atoms with van der Waals surface area (Å²) >= 11 is 0. The number of aryl methyl sites for hydroxylation is 1. The number of carbonyl (C=O) groups is 1. The van der Waals surface area contributed by atoms with Crippen LogP contribution in [0.15, 0.2) is 66.9 Å². The van der Waals surface area contributed by atoms with Crippen LogP contribution in [0.1, 0.15) is 27.2 Å². The summed E-state index contributed by atoms with van der Waals surface area (Å²) in [6.45, 7) is 3.31. The Kier molecular flexibility index (Phi) is 6.63. The Morgan fingerprint density at radius 3 is 2.68 bits per heavy atom. The number of nitrogens with one attached hydrogen (secondary N) is 2. The van der Waals surface area contributed by atoms with Gasteiger partial charge >= 0.3 is 0 Å². The van der Waals surface area contributed by atoms with Crippen LogP contribution >= 0.6 is 0 Å². The van der Waals surface area contributed by atoms with Crippen molar-refractivity contribution >= 4 is 11.6 Å². The number of benzene rings is 2. The van der Waals surface area contributed by atoms with Crippen molar-refractivity contribution in [1.82, 2.24) is 10.3 Å². The third-order valence-electron chi connectivity index (χ3n) is 4.45. The van der Waals surface area contributed by atoms with Crippen molar-refractivity contribution in [1.29, 1.82) is 0 Å². The van der Waals surface area contributed by atoms with E-state index in [1.807, 2.05) is 36.4 Å². The molecule has 1 amide bonds. The topological polar surface area (TPSA) is 63.2 Å². The largest absolute Gasteiger partial charge is 0.496 e. The lowest BCUT2D eigenvalue weighted by Crippen LogP contribution is -2.26. The van der Waals surface area contributed by atoms with Crippen LogP contribution in [0.5, 0.6) is 5.75 Å². The van der Waals surface area contributed by atoms with Gasteiger partial charge in [0.15, 0.2) is 0 Å². The normalized spacial score (nSPS) is 10.4. The predicted molar refractivity (Wildman–Crippen MR) is 112 cm³/mol. The fourth-order valence-corrected chi connectivity index (χ4v) is 2.97. The molecule has 0 saturated carbocycles. The second-order valence-corrected chi connectivity index (χ2v) is 6.59. The highest BCUT2D eigenvalue weighted by atomic mass is 16.5. The van der Waals surface area contributed by atoms with Gasteiger partial charge in [0.05, 0.1) is 19.0 Å². The van der Waals surface area contributed by atoms with Crippen LogP contribution in [0.25, 0.3) is 0 Å². The van der Waals surface area contributed by atoms with Gasteiger partial charge in [0, 0.05) is 13.1 Å². The summed E-state index contributed by atoms with van der Waals surface area (Å²) in [6, 6.07) is 19.8. The number of methoxy groups -OCH3 is 1. The number of rotatable bonds is 8. The molecule has 0 aliphatic carbocycles. The molecule has 3 aromatic rings. The first-order chi connectivity index (χ1) is 13.7. The fourth-order valence-electron chi connectivity index (χ4n) is 2.97. The molecule has 2 aromatic carbocycles. The van der Waals surface area contributed by atoms with Crippen LogP contribution in [0, 0.1) is 6.92 Å². The van der Waals surface area contributed by atoms with Crippen molar-refractivity contribution in [2.45, 2.75) is 19.9 Å². The van der Waals surface area contributed by atoms with Crippen LogP contribution in [0.3, 0.4) is 0 Å². The number of aromatic nitrogens is 1. The maximum Gasteiger partial charge on any atom is 0.269 e. The third-order valence-corrected chi connectivity index (χ3v) is 4.45. The molecule has 1 heterocycles. The first-order valence-corrected chi connectivity index (χ1v) is 9.31. The SMILES string of the molecule is COc1ccccc1CCNC(=O)c1ccc(NCc2cccc(C)c2)cn1. The molecule has 3 rings (SSSR count). The average molecular weight is 375 g/mol. The number of anilines is 1. The molecule has 0 aliphatic rings. The Hall–Kier alpha value is -3.34. The monoisotopic (exact) mass is 375 g/mol. The van der Waals surface area contributed by atoms with Gasteiger partial charge < -0.3 is 15.4 Å². The van der Waals surface area contributed by atoms with Crippen LogP contribution in [-0.2, 0) is 13.0 Å². The van der Waals surface area contributed by atoms with Crippen LogP contribution in [0.4, 0.5) is 5.69 Å². The van der Waals surface area contributed by atoms with E-state index in [-0.39, 0.29) is 5.91 Å². The van der Waals surface area contributed by atoms with Crippen molar-refractivity contribution in [3.05, 3.63) is 89.2 Å². The zero-order valence-electron chi connectivity index (χ0n) is 16.2. The molecule has 0 aliphatic heterocycles. The Morgan fingerprint density at radius 2 is 1.93 bits per heavy atom. The number of hydrogen-bond acceptors (Lipinski definition) is 4. The number of nitrogens with zero attached hydrogens (tertiary/aromatic N) is 1. The Balaban J connectivity index is 1.49. The summed E-state index contributed by atoms with van der Waals surface area (Å²) in [5.41, 5.74) is 4.79. The van der Waals surface area contributed by atoms with Crippen molar-refractivity contribution in [2.75, 3.05) is 19.0 Å². The molecule has 0 fully saturated rings. The van der Waals surface area contributed by atoms with E-state index in [2.05, 4.69) is 40.7 Å². The Labute approximate surface area is 165 Å². The van der Waals surface area contributed by atoms with Crippen molar-refractivity contribution in [3.8, 4) is 5.75 Å². The molecule has 2 N–H and O–H groups in total. The minimum absolute atomic E-state index is 0.180. The van der Waals surface area contributed by atoms with Gasteiger partial charge in [0.1, 0.15) is 11.4 Å². The number of carbonyl (C=O) groups excluding carboxylic acids is 1. The summed E-state index contributed by atoms with van der Waals surface area (Å²) in [6.07, 6.45) is 2.39. The Bertz CT molecular complexity index is 923. The van der Waals surface area contributed by atoms with Gasteiger partial charge in [-0.15, -0.1) is 0 Å². The quantitative estimate of drug-likeness (QED) is 0.625. The summed E-state index contributed by atoms with van der Waals surface area (Å²) in [5.74, 6) is 0.652. The highest BCUT2D eigenvalue weighted by Gasteiger charge is 2.08. The van der Waals surface area contributed by atoms with Gasteiger partial charge in [-0.2, -0.15) is 0 Å². The summed E-state index contributed by atoms with van der Waals surface area (Å²) < 4.78 is 5.33. The Morgan fingerprint density at radius 1 is 1.07 bits per heavy atom. The number of ether oxygens (including phenoxy) is 1.